The number of carbonyl (C=O) groups is 1. The van der Waals surface area contributed by atoms with Gasteiger partial charge in [-0.2, -0.15) is 0 Å². The highest BCUT2D eigenvalue weighted by Crippen LogP contribution is 2.16. The molecule has 0 spiro atoms. The number of benzene rings is 1. The molecule has 2 rings (SSSR count). The molecular weight excluding hydrogens is 240 g/mol. The summed E-state index contributed by atoms with van der Waals surface area (Å²) in [5, 5.41) is 15.3. The van der Waals surface area contributed by atoms with Gasteiger partial charge in [-0.3, -0.25) is 4.79 Å². The number of aliphatic hydroxyl groups is 1. The zero-order valence-corrected chi connectivity index (χ0v) is 11.4. The summed E-state index contributed by atoms with van der Waals surface area (Å²) in [6.07, 6.45) is 1.83. The molecule has 3 N–H and O–H groups in total. The summed E-state index contributed by atoms with van der Waals surface area (Å²) in [5.41, 5.74) is 1.95. The molecule has 1 fully saturated rings. The second kappa shape index (κ2) is 6.68. The minimum atomic E-state index is 0.0552. The minimum Gasteiger partial charge on any atom is -0.392 e. The topological polar surface area (TPSA) is 61.4 Å². The first-order chi connectivity index (χ1) is 9.19. The van der Waals surface area contributed by atoms with Crippen LogP contribution in [0.5, 0.6) is 0 Å². The van der Waals surface area contributed by atoms with E-state index in [1.807, 2.05) is 24.3 Å². The Kier molecular flexibility index (Phi) is 4.93. The van der Waals surface area contributed by atoms with Gasteiger partial charge in [0.1, 0.15) is 0 Å². The number of amides is 1. The van der Waals surface area contributed by atoms with Crippen molar-refractivity contribution in [3.05, 3.63) is 35.4 Å². The van der Waals surface area contributed by atoms with Crippen molar-refractivity contribution in [2.24, 2.45) is 5.92 Å². The molecule has 1 aromatic rings. The van der Waals surface area contributed by atoms with Crippen LogP contribution in [0.3, 0.4) is 0 Å². The van der Waals surface area contributed by atoms with E-state index >= 15 is 0 Å². The highest BCUT2D eigenvalue weighted by Gasteiger charge is 2.24. The molecule has 0 bridgehead atoms. The Morgan fingerprint density at radius 2 is 2.05 bits per heavy atom. The van der Waals surface area contributed by atoms with E-state index in [2.05, 4.69) is 17.6 Å². The fraction of sp³-hybridized carbons (Fsp3) is 0.533. The quantitative estimate of drug-likeness (QED) is 0.763. The van der Waals surface area contributed by atoms with Crippen molar-refractivity contribution < 1.29 is 9.90 Å². The molecule has 1 amide bonds. The van der Waals surface area contributed by atoms with Gasteiger partial charge in [0, 0.05) is 18.5 Å². The average molecular weight is 262 g/mol. The lowest BCUT2D eigenvalue weighted by atomic mass is 9.92. The molecule has 4 nitrogen and oxygen atoms in total. The summed E-state index contributed by atoms with van der Waals surface area (Å²) >= 11 is 0. The third-order valence-corrected chi connectivity index (χ3v) is 3.67. The predicted octanol–water partition coefficient (Wildman–Crippen LogP) is 1.18. The summed E-state index contributed by atoms with van der Waals surface area (Å²) in [7, 11) is 0. The first kappa shape index (κ1) is 14.0. The van der Waals surface area contributed by atoms with E-state index in [1.165, 1.54) is 0 Å². The van der Waals surface area contributed by atoms with E-state index in [1.54, 1.807) is 0 Å². The van der Waals surface area contributed by atoms with Crippen LogP contribution in [-0.2, 0) is 17.9 Å². The van der Waals surface area contributed by atoms with E-state index in [4.69, 9.17) is 5.11 Å². The lowest BCUT2D eigenvalue weighted by Gasteiger charge is -2.27. The summed E-state index contributed by atoms with van der Waals surface area (Å²) in [5.74, 6) is 0.285. The maximum atomic E-state index is 12.1. The predicted molar refractivity (Wildman–Crippen MR) is 74.4 cm³/mol. The Morgan fingerprint density at radius 1 is 1.37 bits per heavy atom. The molecule has 0 radical (unpaired) electrons. The Labute approximate surface area is 114 Å². The molecule has 19 heavy (non-hydrogen) atoms. The Bertz CT molecular complexity index is 417. The number of rotatable bonds is 4. The molecule has 0 aliphatic carbocycles. The largest absolute Gasteiger partial charge is 0.392 e. The summed E-state index contributed by atoms with van der Waals surface area (Å²) in [6, 6.07) is 8.07. The van der Waals surface area contributed by atoms with Gasteiger partial charge in [-0.05, 0) is 37.4 Å². The molecule has 0 saturated carbocycles. The van der Waals surface area contributed by atoms with Gasteiger partial charge in [0.15, 0.2) is 0 Å². The highest BCUT2D eigenvalue weighted by molar-refractivity contribution is 5.78. The molecule has 2 atom stereocenters. The van der Waals surface area contributed by atoms with Gasteiger partial charge >= 0.3 is 0 Å². The molecular formula is C15H22N2O2. The maximum absolute atomic E-state index is 12.1. The molecule has 1 heterocycles. The van der Waals surface area contributed by atoms with Crippen LogP contribution in [0, 0.1) is 5.92 Å². The van der Waals surface area contributed by atoms with Crippen molar-refractivity contribution in [1.82, 2.24) is 10.6 Å². The normalized spacial score (nSPS) is 23.1. The molecule has 2 unspecified atom stereocenters. The van der Waals surface area contributed by atoms with Crippen LogP contribution in [0.4, 0.5) is 0 Å². The first-order valence-corrected chi connectivity index (χ1v) is 6.89. The number of hydrogen-bond donors (Lipinski definition) is 3. The Morgan fingerprint density at radius 3 is 2.68 bits per heavy atom. The number of piperidine rings is 1. The number of hydrogen-bond acceptors (Lipinski definition) is 3. The van der Waals surface area contributed by atoms with Gasteiger partial charge in [-0.15, -0.1) is 0 Å². The average Bonchev–Trinajstić information content (AvgIpc) is 2.45. The number of nitrogens with one attached hydrogen (secondary N) is 2. The Hall–Kier alpha value is -1.39. The third kappa shape index (κ3) is 4.04. The van der Waals surface area contributed by atoms with Crippen molar-refractivity contribution >= 4 is 5.91 Å². The molecule has 0 aromatic heterocycles. The Balaban J connectivity index is 1.82. The minimum absolute atomic E-state index is 0.0552. The van der Waals surface area contributed by atoms with E-state index in [0.717, 1.165) is 30.5 Å². The van der Waals surface area contributed by atoms with Crippen molar-refractivity contribution in [3.8, 4) is 0 Å². The van der Waals surface area contributed by atoms with Crippen LogP contribution in [0.1, 0.15) is 30.9 Å². The van der Waals surface area contributed by atoms with E-state index in [9.17, 15) is 4.79 Å². The van der Waals surface area contributed by atoms with Crippen molar-refractivity contribution in [2.45, 2.75) is 39.0 Å². The van der Waals surface area contributed by atoms with E-state index in [0.29, 0.717) is 12.6 Å². The number of carbonyl (C=O) groups excluding carboxylic acids is 1. The van der Waals surface area contributed by atoms with Gasteiger partial charge in [0.2, 0.25) is 5.91 Å². The third-order valence-electron chi connectivity index (χ3n) is 3.67. The van der Waals surface area contributed by atoms with Gasteiger partial charge in [0.05, 0.1) is 6.61 Å². The maximum Gasteiger partial charge on any atom is 0.223 e. The number of aliphatic hydroxyl groups excluding tert-OH is 1. The van der Waals surface area contributed by atoms with Gasteiger partial charge in [0.25, 0.3) is 0 Å². The van der Waals surface area contributed by atoms with Crippen LogP contribution in [0.15, 0.2) is 24.3 Å². The SMILES string of the molecule is CC1CC(C(=O)NCc2ccc(CO)cc2)CCN1. The zero-order chi connectivity index (χ0) is 13.7. The van der Waals surface area contributed by atoms with Crippen LogP contribution in [0.2, 0.25) is 0 Å². The zero-order valence-electron chi connectivity index (χ0n) is 11.4. The van der Waals surface area contributed by atoms with Crippen LogP contribution in [-0.4, -0.2) is 23.6 Å². The van der Waals surface area contributed by atoms with E-state index in [-0.39, 0.29) is 18.4 Å². The second-order valence-electron chi connectivity index (χ2n) is 5.27. The van der Waals surface area contributed by atoms with Gasteiger partial charge < -0.3 is 15.7 Å². The molecule has 1 aliphatic rings. The standard InChI is InChI=1S/C15H22N2O2/c1-11-8-14(6-7-16-11)15(19)17-9-12-2-4-13(10-18)5-3-12/h2-5,11,14,16,18H,6-10H2,1H3,(H,17,19). The molecule has 1 aromatic carbocycles. The fourth-order valence-electron chi connectivity index (χ4n) is 2.47. The van der Waals surface area contributed by atoms with Gasteiger partial charge in [-0.1, -0.05) is 24.3 Å². The molecule has 1 aliphatic heterocycles. The fourth-order valence-corrected chi connectivity index (χ4v) is 2.47. The lowest BCUT2D eigenvalue weighted by Crippen LogP contribution is -2.42. The lowest BCUT2D eigenvalue weighted by molar-refractivity contribution is -0.126. The second-order valence-corrected chi connectivity index (χ2v) is 5.27. The molecule has 4 heteroatoms. The van der Waals surface area contributed by atoms with E-state index < -0.39 is 0 Å². The summed E-state index contributed by atoms with van der Waals surface area (Å²) in [6.45, 7) is 3.65. The van der Waals surface area contributed by atoms with Crippen LogP contribution in [0.25, 0.3) is 0 Å². The van der Waals surface area contributed by atoms with Crippen LogP contribution < -0.4 is 10.6 Å². The van der Waals surface area contributed by atoms with Crippen molar-refractivity contribution in [1.29, 1.82) is 0 Å². The van der Waals surface area contributed by atoms with Crippen molar-refractivity contribution in [3.63, 3.8) is 0 Å². The summed E-state index contributed by atoms with van der Waals surface area (Å²) < 4.78 is 0. The van der Waals surface area contributed by atoms with Crippen LogP contribution >= 0.6 is 0 Å². The molecule has 1 saturated heterocycles. The van der Waals surface area contributed by atoms with Crippen molar-refractivity contribution in [2.75, 3.05) is 6.54 Å². The molecule has 104 valence electrons. The van der Waals surface area contributed by atoms with Gasteiger partial charge in [-0.25, -0.2) is 0 Å². The first-order valence-electron chi connectivity index (χ1n) is 6.89. The monoisotopic (exact) mass is 262 g/mol. The highest BCUT2D eigenvalue weighted by atomic mass is 16.3. The summed E-state index contributed by atoms with van der Waals surface area (Å²) in [4.78, 5) is 12.1. The smallest absolute Gasteiger partial charge is 0.223 e.